The Morgan fingerprint density at radius 1 is 1.53 bits per heavy atom. The van der Waals surface area contributed by atoms with Crippen molar-refractivity contribution in [1.82, 2.24) is 10.3 Å². The van der Waals surface area contributed by atoms with Gasteiger partial charge in [-0.05, 0) is 18.4 Å². The molecule has 0 bridgehead atoms. The Bertz CT molecular complexity index is 382. The molecule has 1 heterocycles. The normalized spacial score (nSPS) is 10.3. The zero-order chi connectivity index (χ0) is 11.3. The van der Waals surface area contributed by atoms with Gasteiger partial charge >= 0.3 is 0 Å². The fourth-order valence-electron chi connectivity index (χ4n) is 1.16. The summed E-state index contributed by atoms with van der Waals surface area (Å²) in [4.78, 5) is 24.9. The quantitative estimate of drug-likeness (QED) is 0.779. The standard InChI is InChI=1S/C11H16N2O2/c1-8(2)3-5-13-11(15)9-4-6-12-10(14)7-9/h4,6-8H,3,5H2,1-2H3,(H,12,14)(H,13,15). The molecule has 0 saturated heterocycles. The average molecular weight is 208 g/mol. The lowest BCUT2D eigenvalue weighted by molar-refractivity contribution is 0.0952. The number of aromatic nitrogens is 1. The molecule has 1 amide bonds. The van der Waals surface area contributed by atoms with Gasteiger partial charge in [-0.25, -0.2) is 0 Å². The lowest BCUT2D eigenvalue weighted by atomic mass is 10.1. The van der Waals surface area contributed by atoms with Gasteiger partial charge in [-0.15, -0.1) is 0 Å². The lowest BCUT2D eigenvalue weighted by Gasteiger charge is -2.06. The van der Waals surface area contributed by atoms with Crippen molar-refractivity contribution in [3.05, 3.63) is 34.2 Å². The number of aromatic amines is 1. The van der Waals surface area contributed by atoms with Crippen molar-refractivity contribution in [2.24, 2.45) is 5.92 Å². The maximum absolute atomic E-state index is 11.5. The molecule has 0 unspecified atom stereocenters. The number of hydrogen-bond acceptors (Lipinski definition) is 2. The molecule has 0 saturated carbocycles. The van der Waals surface area contributed by atoms with E-state index in [1.807, 2.05) is 0 Å². The predicted molar refractivity (Wildman–Crippen MR) is 58.9 cm³/mol. The highest BCUT2D eigenvalue weighted by Gasteiger charge is 2.04. The van der Waals surface area contributed by atoms with Crippen molar-refractivity contribution in [1.29, 1.82) is 0 Å². The SMILES string of the molecule is CC(C)CCNC(=O)c1cc[nH]c(=O)c1. The summed E-state index contributed by atoms with van der Waals surface area (Å²) < 4.78 is 0. The summed E-state index contributed by atoms with van der Waals surface area (Å²) in [5.41, 5.74) is 0.147. The Labute approximate surface area is 88.7 Å². The molecule has 0 aromatic carbocycles. The molecular weight excluding hydrogens is 192 g/mol. The second-order valence-electron chi connectivity index (χ2n) is 3.88. The van der Waals surface area contributed by atoms with E-state index in [0.29, 0.717) is 18.0 Å². The van der Waals surface area contributed by atoms with E-state index >= 15 is 0 Å². The highest BCUT2D eigenvalue weighted by Crippen LogP contribution is 1.98. The molecule has 0 aliphatic heterocycles. The van der Waals surface area contributed by atoms with Crippen molar-refractivity contribution in [3.63, 3.8) is 0 Å². The van der Waals surface area contributed by atoms with Crippen LogP contribution in [0.15, 0.2) is 23.1 Å². The average Bonchev–Trinajstić information content (AvgIpc) is 2.17. The van der Waals surface area contributed by atoms with Crippen molar-refractivity contribution in [2.45, 2.75) is 20.3 Å². The number of rotatable bonds is 4. The Kier molecular flexibility index (Phi) is 4.09. The van der Waals surface area contributed by atoms with Gasteiger partial charge in [0.25, 0.3) is 5.91 Å². The fraction of sp³-hybridized carbons (Fsp3) is 0.455. The van der Waals surface area contributed by atoms with E-state index in [4.69, 9.17) is 0 Å². The minimum atomic E-state index is -0.258. The van der Waals surface area contributed by atoms with Crippen LogP contribution in [0.2, 0.25) is 0 Å². The van der Waals surface area contributed by atoms with E-state index in [-0.39, 0.29) is 11.5 Å². The summed E-state index contributed by atoms with van der Waals surface area (Å²) in [5.74, 6) is 0.367. The minimum Gasteiger partial charge on any atom is -0.352 e. The largest absolute Gasteiger partial charge is 0.352 e. The fourth-order valence-corrected chi connectivity index (χ4v) is 1.16. The molecule has 0 atom stereocenters. The first kappa shape index (κ1) is 11.5. The molecule has 0 spiro atoms. The molecule has 1 aromatic heterocycles. The topological polar surface area (TPSA) is 62.0 Å². The first-order valence-electron chi connectivity index (χ1n) is 5.06. The molecule has 0 fully saturated rings. The van der Waals surface area contributed by atoms with Crippen LogP contribution >= 0.6 is 0 Å². The number of pyridine rings is 1. The van der Waals surface area contributed by atoms with Crippen LogP contribution in [0.1, 0.15) is 30.6 Å². The van der Waals surface area contributed by atoms with E-state index in [0.717, 1.165) is 6.42 Å². The van der Waals surface area contributed by atoms with Crippen molar-refractivity contribution in [2.75, 3.05) is 6.54 Å². The van der Waals surface area contributed by atoms with Gasteiger partial charge in [-0.2, -0.15) is 0 Å². The molecular formula is C11H16N2O2. The molecule has 4 heteroatoms. The third kappa shape index (κ3) is 3.97. The van der Waals surface area contributed by atoms with E-state index in [1.54, 1.807) is 6.07 Å². The minimum absolute atomic E-state index is 0.193. The Hall–Kier alpha value is -1.58. The van der Waals surface area contributed by atoms with Gasteiger partial charge in [-0.1, -0.05) is 13.8 Å². The van der Waals surface area contributed by atoms with Crippen LogP contribution in [0.25, 0.3) is 0 Å². The summed E-state index contributed by atoms with van der Waals surface area (Å²) in [6, 6.07) is 2.89. The third-order valence-electron chi connectivity index (χ3n) is 2.04. The summed E-state index contributed by atoms with van der Waals surface area (Å²) in [6.07, 6.45) is 2.41. The Balaban J connectivity index is 2.51. The predicted octanol–water partition coefficient (Wildman–Crippen LogP) is 1.15. The van der Waals surface area contributed by atoms with E-state index < -0.39 is 0 Å². The number of amides is 1. The van der Waals surface area contributed by atoms with Crippen molar-refractivity contribution >= 4 is 5.91 Å². The van der Waals surface area contributed by atoms with Gasteiger partial charge in [0, 0.05) is 24.4 Å². The van der Waals surface area contributed by atoms with Crippen LogP contribution in [0, 0.1) is 5.92 Å². The van der Waals surface area contributed by atoms with Crippen LogP contribution in [-0.2, 0) is 0 Å². The first-order chi connectivity index (χ1) is 7.09. The maximum Gasteiger partial charge on any atom is 0.251 e. The molecule has 82 valence electrons. The van der Waals surface area contributed by atoms with Gasteiger partial charge in [-0.3, -0.25) is 9.59 Å². The number of carbonyl (C=O) groups excluding carboxylic acids is 1. The van der Waals surface area contributed by atoms with Crippen LogP contribution in [0.5, 0.6) is 0 Å². The second-order valence-corrected chi connectivity index (χ2v) is 3.88. The third-order valence-corrected chi connectivity index (χ3v) is 2.04. The summed E-state index contributed by atoms with van der Waals surface area (Å²) in [5, 5.41) is 2.77. The summed E-state index contributed by atoms with van der Waals surface area (Å²) in [7, 11) is 0. The zero-order valence-electron chi connectivity index (χ0n) is 9.04. The van der Waals surface area contributed by atoms with Crippen LogP contribution < -0.4 is 10.9 Å². The zero-order valence-corrected chi connectivity index (χ0v) is 9.04. The number of carbonyl (C=O) groups is 1. The molecule has 0 radical (unpaired) electrons. The van der Waals surface area contributed by atoms with Crippen LogP contribution in [-0.4, -0.2) is 17.4 Å². The smallest absolute Gasteiger partial charge is 0.251 e. The van der Waals surface area contributed by atoms with Crippen LogP contribution in [0.4, 0.5) is 0 Å². The Morgan fingerprint density at radius 2 is 2.27 bits per heavy atom. The molecule has 1 aromatic rings. The summed E-state index contributed by atoms with van der Waals surface area (Å²) >= 11 is 0. The second kappa shape index (κ2) is 5.34. The van der Waals surface area contributed by atoms with Gasteiger partial charge in [0.15, 0.2) is 0 Å². The first-order valence-corrected chi connectivity index (χ1v) is 5.06. The molecule has 2 N–H and O–H groups in total. The highest BCUT2D eigenvalue weighted by atomic mass is 16.2. The lowest BCUT2D eigenvalue weighted by Crippen LogP contribution is -2.26. The molecule has 4 nitrogen and oxygen atoms in total. The maximum atomic E-state index is 11.5. The monoisotopic (exact) mass is 208 g/mol. The van der Waals surface area contributed by atoms with E-state index in [2.05, 4.69) is 24.1 Å². The summed E-state index contributed by atoms with van der Waals surface area (Å²) in [6.45, 7) is 4.84. The molecule has 1 rings (SSSR count). The van der Waals surface area contributed by atoms with Crippen molar-refractivity contribution < 1.29 is 4.79 Å². The van der Waals surface area contributed by atoms with Gasteiger partial charge in [0.1, 0.15) is 0 Å². The van der Waals surface area contributed by atoms with Gasteiger partial charge in [0.2, 0.25) is 5.56 Å². The number of H-pyrrole nitrogens is 1. The highest BCUT2D eigenvalue weighted by molar-refractivity contribution is 5.93. The molecule has 0 aliphatic rings. The number of hydrogen-bond donors (Lipinski definition) is 2. The number of nitrogens with one attached hydrogen (secondary N) is 2. The van der Waals surface area contributed by atoms with Gasteiger partial charge < -0.3 is 10.3 Å². The van der Waals surface area contributed by atoms with Crippen LogP contribution in [0.3, 0.4) is 0 Å². The van der Waals surface area contributed by atoms with Crippen molar-refractivity contribution in [3.8, 4) is 0 Å². The van der Waals surface area contributed by atoms with E-state index in [9.17, 15) is 9.59 Å². The van der Waals surface area contributed by atoms with E-state index in [1.165, 1.54) is 12.3 Å². The van der Waals surface area contributed by atoms with Gasteiger partial charge in [0.05, 0.1) is 0 Å². The Morgan fingerprint density at radius 3 is 2.87 bits per heavy atom. The molecule has 0 aliphatic carbocycles. The molecule has 15 heavy (non-hydrogen) atoms.